The Morgan fingerprint density at radius 3 is 2.88 bits per heavy atom. The Kier molecular flexibility index (Phi) is 6.21. The minimum Gasteiger partial charge on any atom is -0.378 e. The number of thioether (sulfide) groups is 1. The van der Waals surface area contributed by atoms with Gasteiger partial charge in [0.05, 0.1) is 29.7 Å². The largest absolute Gasteiger partial charge is 0.378 e. The van der Waals surface area contributed by atoms with E-state index >= 15 is 0 Å². The van der Waals surface area contributed by atoms with Gasteiger partial charge in [-0.15, -0.1) is 10.2 Å². The molecule has 1 aliphatic rings. The summed E-state index contributed by atoms with van der Waals surface area (Å²) in [6, 6.07) is 5.32. The maximum atomic E-state index is 12.2. The molecule has 10 heteroatoms. The zero-order chi connectivity index (χ0) is 17.8. The molecule has 0 aliphatic carbocycles. The van der Waals surface area contributed by atoms with Crippen LogP contribution in [0, 0.1) is 0 Å². The SMILES string of the molecule is Cn1c(SCC(=O)Nc2ccc(Br)cc2Cl)nnc1N1CCOCC1. The van der Waals surface area contributed by atoms with Crippen LogP contribution < -0.4 is 10.2 Å². The van der Waals surface area contributed by atoms with Gasteiger partial charge >= 0.3 is 0 Å². The van der Waals surface area contributed by atoms with E-state index in [4.69, 9.17) is 16.3 Å². The molecule has 2 aromatic rings. The third-order valence-corrected chi connectivity index (χ3v) is 5.47. The van der Waals surface area contributed by atoms with E-state index in [1.54, 1.807) is 12.1 Å². The molecule has 7 nitrogen and oxygen atoms in total. The molecular formula is C15H17BrClN5O2S. The average molecular weight is 447 g/mol. The maximum absolute atomic E-state index is 12.2. The first-order chi connectivity index (χ1) is 12.0. The molecule has 0 spiro atoms. The zero-order valence-electron chi connectivity index (χ0n) is 13.5. The Bertz CT molecular complexity index is 766. The molecule has 1 aliphatic heterocycles. The van der Waals surface area contributed by atoms with Crippen molar-refractivity contribution in [1.82, 2.24) is 14.8 Å². The van der Waals surface area contributed by atoms with Crippen LogP contribution in [0.3, 0.4) is 0 Å². The van der Waals surface area contributed by atoms with Crippen LogP contribution in [0.4, 0.5) is 11.6 Å². The van der Waals surface area contributed by atoms with E-state index in [2.05, 4.69) is 36.3 Å². The van der Waals surface area contributed by atoms with Crippen LogP contribution in [-0.2, 0) is 16.6 Å². The number of benzene rings is 1. The van der Waals surface area contributed by atoms with Crippen molar-refractivity contribution in [2.45, 2.75) is 5.16 Å². The van der Waals surface area contributed by atoms with Crippen molar-refractivity contribution in [2.75, 3.05) is 42.3 Å². The minimum atomic E-state index is -0.148. The quantitative estimate of drug-likeness (QED) is 0.712. The van der Waals surface area contributed by atoms with Crippen LogP contribution in [0.15, 0.2) is 27.8 Å². The first-order valence-electron chi connectivity index (χ1n) is 7.64. The highest BCUT2D eigenvalue weighted by Gasteiger charge is 2.19. The summed E-state index contributed by atoms with van der Waals surface area (Å²) in [6.45, 7) is 2.95. The average Bonchev–Trinajstić information content (AvgIpc) is 2.97. The van der Waals surface area contributed by atoms with Crippen LogP contribution >= 0.6 is 39.3 Å². The van der Waals surface area contributed by atoms with E-state index in [0.29, 0.717) is 29.1 Å². The predicted molar refractivity (Wildman–Crippen MR) is 103 cm³/mol. The molecule has 0 unspecified atom stereocenters. The van der Waals surface area contributed by atoms with Gasteiger partial charge < -0.3 is 15.0 Å². The predicted octanol–water partition coefficient (Wildman–Crippen LogP) is 2.80. The number of rotatable bonds is 5. The molecule has 0 bridgehead atoms. The van der Waals surface area contributed by atoms with Crippen molar-refractivity contribution < 1.29 is 9.53 Å². The van der Waals surface area contributed by atoms with Gasteiger partial charge in [0.2, 0.25) is 11.9 Å². The number of aromatic nitrogens is 3. The van der Waals surface area contributed by atoms with Gasteiger partial charge in [-0.3, -0.25) is 9.36 Å². The van der Waals surface area contributed by atoms with Gasteiger partial charge in [0.15, 0.2) is 5.16 Å². The Morgan fingerprint density at radius 2 is 2.16 bits per heavy atom. The van der Waals surface area contributed by atoms with Crippen LogP contribution in [0.5, 0.6) is 0 Å². The second-order valence-electron chi connectivity index (χ2n) is 5.40. The summed E-state index contributed by atoms with van der Waals surface area (Å²) in [7, 11) is 1.90. The Morgan fingerprint density at radius 1 is 1.40 bits per heavy atom. The van der Waals surface area contributed by atoms with Gasteiger partial charge in [-0.2, -0.15) is 0 Å². The van der Waals surface area contributed by atoms with E-state index in [0.717, 1.165) is 23.5 Å². The van der Waals surface area contributed by atoms with Gasteiger partial charge in [0.1, 0.15) is 0 Å². The molecule has 1 aromatic carbocycles. The summed E-state index contributed by atoms with van der Waals surface area (Å²) in [5, 5.41) is 12.4. The number of morpholine rings is 1. The molecule has 25 heavy (non-hydrogen) atoms. The van der Waals surface area contributed by atoms with Crippen molar-refractivity contribution in [1.29, 1.82) is 0 Å². The van der Waals surface area contributed by atoms with Crippen LogP contribution in [0.25, 0.3) is 0 Å². The normalized spacial score (nSPS) is 14.6. The summed E-state index contributed by atoms with van der Waals surface area (Å²) in [5.41, 5.74) is 0.586. The van der Waals surface area contributed by atoms with Gasteiger partial charge in [-0.1, -0.05) is 39.3 Å². The molecule has 134 valence electrons. The van der Waals surface area contributed by atoms with E-state index in [-0.39, 0.29) is 11.7 Å². The number of carbonyl (C=O) groups excluding carboxylic acids is 1. The summed E-state index contributed by atoms with van der Waals surface area (Å²) >= 11 is 10.8. The number of amides is 1. The number of anilines is 2. The summed E-state index contributed by atoms with van der Waals surface area (Å²) in [4.78, 5) is 14.3. The van der Waals surface area contributed by atoms with Crippen LogP contribution in [0.2, 0.25) is 5.02 Å². The first-order valence-corrected chi connectivity index (χ1v) is 9.80. The van der Waals surface area contributed by atoms with E-state index in [9.17, 15) is 4.79 Å². The standard InChI is InChI=1S/C15H17BrClN5O2S/c1-21-14(22-4-6-24-7-5-22)19-20-15(21)25-9-13(23)18-12-3-2-10(16)8-11(12)17/h2-3,8H,4-7,9H2,1H3,(H,18,23). The fraction of sp³-hybridized carbons (Fsp3) is 0.400. The minimum absolute atomic E-state index is 0.148. The van der Waals surface area contributed by atoms with Crippen molar-refractivity contribution in [3.63, 3.8) is 0 Å². The molecule has 0 radical (unpaired) electrons. The topological polar surface area (TPSA) is 72.3 Å². The van der Waals surface area contributed by atoms with E-state index in [1.165, 1.54) is 11.8 Å². The molecule has 0 saturated carbocycles. The molecule has 1 amide bonds. The molecule has 0 atom stereocenters. The Hall–Kier alpha value is -1.29. The fourth-order valence-corrected chi connectivity index (χ4v) is 3.81. The number of nitrogens with one attached hydrogen (secondary N) is 1. The molecule has 1 aromatic heterocycles. The van der Waals surface area contributed by atoms with Gasteiger partial charge in [0, 0.05) is 24.6 Å². The molecular weight excluding hydrogens is 430 g/mol. The molecule has 1 saturated heterocycles. The third-order valence-electron chi connectivity index (χ3n) is 3.64. The Labute approximate surface area is 163 Å². The second-order valence-corrected chi connectivity index (χ2v) is 7.67. The summed E-state index contributed by atoms with van der Waals surface area (Å²) in [6.07, 6.45) is 0. The number of nitrogens with zero attached hydrogens (tertiary/aromatic N) is 4. The highest BCUT2D eigenvalue weighted by molar-refractivity contribution is 9.10. The lowest BCUT2D eigenvalue weighted by atomic mass is 10.3. The van der Waals surface area contributed by atoms with Crippen molar-refractivity contribution in [2.24, 2.45) is 7.05 Å². The molecule has 1 fully saturated rings. The Balaban J connectivity index is 1.58. The van der Waals surface area contributed by atoms with Gasteiger partial charge in [0.25, 0.3) is 0 Å². The van der Waals surface area contributed by atoms with E-state index in [1.807, 2.05) is 17.7 Å². The van der Waals surface area contributed by atoms with E-state index < -0.39 is 0 Å². The number of hydrogen-bond donors (Lipinski definition) is 1. The first kappa shape index (κ1) is 18.5. The van der Waals surface area contributed by atoms with Crippen LogP contribution in [-0.4, -0.2) is 52.7 Å². The second kappa shape index (κ2) is 8.39. The number of halogens is 2. The number of hydrogen-bond acceptors (Lipinski definition) is 6. The van der Waals surface area contributed by atoms with Crippen LogP contribution in [0.1, 0.15) is 0 Å². The van der Waals surface area contributed by atoms with Crippen molar-refractivity contribution in [3.8, 4) is 0 Å². The highest BCUT2D eigenvalue weighted by atomic mass is 79.9. The third kappa shape index (κ3) is 4.66. The number of carbonyl (C=O) groups is 1. The smallest absolute Gasteiger partial charge is 0.234 e. The van der Waals surface area contributed by atoms with Crippen molar-refractivity contribution in [3.05, 3.63) is 27.7 Å². The lowest BCUT2D eigenvalue weighted by molar-refractivity contribution is -0.113. The van der Waals surface area contributed by atoms with Gasteiger partial charge in [-0.25, -0.2) is 0 Å². The van der Waals surface area contributed by atoms with Crippen molar-refractivity contribution >= 4 is 56.8 Å². The lowest BCUT2D eigenvalue weighted by Gasteiger charge is -2.27. The maximum Gasteiger partial charge on any atom is 0.234 e. The number of ether oxygens (including phenoxy) is 1. The monoisotopic (exact) mass is 445 g/mol. The lowest BCUT2D eigenvalue weighted by Crippen LogP contribution is -2.37. The molecule has 1 N–H and O–H groups in total. The zero-order valence-corrected chi connectivity index (χ0v) is 16.7. The fourth-order valence-electron chi connectivity index (χ4n) is 2.38. The summed E-state index contributed by atoms with van der Waals surface area (Å²) in [5.74, 6) is 0.869. The van der Waals surface area contributed by atoms with Gasteiger partial charge in [-0.05, 0) is 18.2 Å². The highest BCUT2D eigenvalue weighted by Crippen LogP contribution is 2.26. The molecule has 3 rings (SSSR count). The summed E-state index contributed by atoms with van der Waals surface area (Å²) < 4.78 is 8.11. The molecule has 2 heterocycles.